The van der Waals surface area contributed by atoms with Crippen LogP contribution in [0.25, 0.3) is 0 Å². The molecule has 0 atom stereocenters. The molecule has 0 bridgehead atoms. The molecule has 1 rings (SSSR count). The summed E-state index contributed by atoms with van der Waals surface area (Å²) in [5.74, 6) is 0.267. The number of sulfone groups is 2. The molecular weight excluding hydrogens is 286 g/mol. The average molecular weight is 305 g/mol. The summed E-state index contributed by atoms with van der Waals surface area (Å²) in [6.07, 6.45) is 1.16. The van der Waals surface area contributed by atoms with Crippen molar-refractivity contribution < 1.29 is 16.8 Å². The second kappa shape index (κ2) is 6.49. The van der Waals surface area contributed by atoms with Gasteiger partial charge < -0.3 is 5.32 Å². The molecule has 7 heteroatoms. The van der Waals surface area contributed by atoms with Gasteiger partial charge in [-0.1, -0.05) is 19.1 Å². The molecule has 0 radical (unpaired) electrons. The van der Waals surface area contributed by atoms with E-state index in [2.05, 4.69) is 5.32 Å². The van der Waals surface area contributed by atoms with E-state index in [4.69, 9.17) is 0 Å². The lowest BCUT2D eigenvalue weighted by Crippen LogP contribution is -2.23. The van der Waals surface area contributed by atoms with E-state index < -0.39 is 19.7 Å². The zero-order valence-electron chi connectivity index (χ0n) is 11.1. The largest absolute Gasteiger partial charge is 0.312 e. The van der Waals surface area contributed by atoms with Crippen molar-refractivity contribution >= 4 is 19.7 Å². The molecule has 0 aliphatic carbocycles. The Bertz CT molecular complexity index is 604. The lowest BCUT2D eigenvalue weighted by molar-refractivity contribution is 0.591. The highest BCUT2D eigenvalue weighted by atomic mass is 32.2. The minimum Gasteiger partial charge on any atom is -0.312 e. The second-order valence-electron chi connectivity index (χ2n) is 4.33. The van der Waals surface area contributed by atoms with Crippen LogP contribution in [-0.2, 0) is 26.2 Å². The van der Waals surface area contributed by atoms with Crippen LogP contribution in [0.5, 0.6) is 0 Å². The Morgan fingerprint density at radius 2 is 1.63 bits per heavy atom. The third-order valence-corrected chi connectivity index (χ3v) is 5.54. The van der Waals surface area contributed by atoms with E-state index in [0.717, 1.165) is 11.8 Å². The van der Waals surface area contributed by atoms with Gasteiger partial charge in [-0.15, -0.1) is 0 Å². The van der Waals surface area contributed by atoms with Crippen LogP contribution < -0.4 is 5.32 Å². The smallest absolute Gasteiger partial charge is 0.175 e. The van der Waals surface area contributed by atoms with Gasteiger partial charge in [0, 0.05) is 25.1 Å². The molecule has 19 heavy (non-hydrogen) atoms. The van der Waals surface area contributed by atoms with Crippen LogP contribution in [0.3, 0.4) is 0 Å². The fourth-order valence-corrected chi connectivity index (χ4v) is 2.83. The van der Waals surface area contributed by atoms with Gasteiger partial charge in [0.15, 0.2) is 19.7 Å². The van der Waals surface area contributed by atoms with Crippen LogP contribution in [0.2, 0.25) is 0 Å². The van der Waals surface area contributed by atoms with Crippen LogP contribution in [0.4, 0.5) is 0 Å². The van der Waals surface area contributed by atoms with Crippen molar-refractivity contribution in [3.8, 4) is 0 Å². The first-order valence-electron chi connectivity index (χ1n) is 5.95. The summed E-state index contributed by atoms with van der Waals surface area (Å²) in [5.41, 5.74) is 0.918. The molecule has 0 saturated heterocycles. The van der Waals surface area contributed by atoms with Crippen molar-refractivity contribution in [1.82, 2.24) is 5.32 Å². The molecular formula is C12H19NO4S2. The molecule has 0 spiro atoms. The molecule has 0 unspecified atom stereocenters. The van der Waals surface area contributed by atoms with Gasteiger partial charge in [-0.25, -0.2) is 16.8 Å². The maximum Gasteiger partial charge on any atom is 0.175 e. The van der Waals surface area contributed by atoms with E-state index >= 15 is 0 Å². The maximum absolute atomic E-state index is 11.3. The molecule has 0 aliphatic rings. The number of rotatable bonds is 7. The summed E-state index contributed by atoms with van der Waals surface area (Å²) in [6.45, 7) is 2.53. The Hall–Kier alpha value is -0.920. The predicted octanol–water partition coefficient (Wildman–Crippen LogP) is 0.614. The normalized spacial score (nSPS) is 12.5. The van der Waals surface area contributed by atoms with Crippen LogP contribution in [0.1, 0.15) is 12.5 Å². The van der Waals surface area contributed by atoms with Crippen molar-refractivity contribution in [2.45, 2.75) is 18.4 Å². The van der Waals surface area contributed by atoms with Gasteiger partial charge in [0.2, 0.25) is 0 Å². The Morgan fingerprint density at radius 1 is 1.05 bits per heavy atom. The topological polar surface area (TPSA) is 80.3 Å². The number of hydrogen-bond acceptors (Lipinski definition) is 5. The molecule has 0 fully saturated rings. The zero-order valence-corrected chi connectivity index (χ0v) is 12.7. The minimum atomic E-state index is -3.17. The summed E-state index contributed by atoms with van der Waals surface area (Å²) in [4.78, 5) is 0.282. The van der Waals surface area contributed by atoms with E-state index in [9.17, 15) is 16.8 Å². The third-order valence-electron chi connectivity index (χ3n) is 2.71. The van der Waals surface area contributed by atoms with E-state index in [1.807, 2.05) is 0 Å². The van der Waals surface area contributed by atoms with Gasteiger partial charge in [-0.3, -0.25) is 0 Å². The zero-order chi connectivity index (χ0) is 14.5. The lowest BCUT2D eigenvalue weighted by Gasteiger charge is -2.06. The first-order valence-corrected chi connectivity index (χ1v) is 9.66. The van der Waals surface area contributed by atoms with E-state index in [1.54, 1.807) is 31.2 Å². The van der Waals surface area contributed by atoms with Gasteiger partial charge in [-0.05, 0) is 17.7 Å². The monoisotopic (exact) mass is 305 g/mol. The third kappa shape index (κ3) is 5.71. The highest BCUT2D eigenvalue weighted by Crippen LogP contribution is 2.09. The number of benzene rings is 1. The van der Waals surface area contributed by atoms with Crippen molar-refractivity contribution in [3.05, 3.63) is 29.8 Å². The van der Waals surface area contributed by atoms with Crippen LogP contribution in [0.15, 0.2) is 29.2 Å². The fourth-order valence-electron chi connectivity index (χ4n) is 1.46. The van der Waals surface area contributed by atoms with E-state index in [0.29, 0.717) is 13.1 Å². The second-order valence-corrected chi connectivity index (χ2v) is 8.82. The average Bonchev–Trinajstić information content (AvgIpc) is 2.34. The first-order chi connectivity index (χ1) is 8.74. The van der Waals surface area contributed by atoms with Gasteiger partial charge in [0.1, 0.15) is 0 Å². The Kier molecular flexibility index (Phi) is 5.51. The van der Waals surface area contributed by atoms with Crippen LogP contribution in [-0.4, -0.2) is 41.1 Å². The standard InChI is InChI=1S/C12H19NO4S2/c1-3-19(16,17)9-8-13-10-11-4-6-12(7-5-11)18(2,14)15/h4-7,13H,3,8-10H2,1-2H3. The molecule has 0 amide bonds. The summed E-state index contributed by atoms with van der Waals surface area (Å²) in [6, 6.07) is 6.54. The summed E-state index contributed by atoms with van der Waals surface area (Å²) in [5, 5.41) is 3.02. The molecule has 0 aromatic heterocycles. The van der Waals surface area contributed by atoms with E-state index in [1.165, 1.54) is 0 Å². The molecule has 1 aromatic rings. The highest BCUT2D eigenvalue weighted by Gasteiger charge is 2.07. The summed E-state index contributed by atoms with van der Waals surface area (Å²) < 4.78 is 45.0. The van der Waals surface area contributed by atoms with Gasteiger partial charge >= 0.3 is 0 Å². The van der Waals surface area contributed by atoms with Crippen molar-refractivity contribution in [2.75, 3.05) is 24.3 Å². The molecule has 1 N–H and O–H groups in total. The SMILES string of the molecule is CCS(=O)(=O)CCNCc1ccc(S(C)(=O)=O)cc1. The number of hydrogen-bond donors (Lipinski definition) is 1. The lowest BCUT2D eigenvalue weighted by atomic mass is 10.2. The van der Waals surface area contributed by atoms with Crippen LogP contribution >= 0.6 is 0 Å². The quantitative estimate of drug-likeness (QED) is 0.747. The minimum absolute atomic E-state index is 0.116. The molecule has 0 saturated carbocycles. The van der Waals surface area contributed by atoms with E-state index in [-0.39, 0.29) is 16.4 Å². The Morgan fingerprint density at radius 3 is 2.11 bits per heavy atom. The van der Waals surface area contributed by atoms with Crippen molar-refractivity contribution in [2.24, 2.45) is 0 Å². The molecule has 0 aliphatic heterocycles. The molecule has 5 nitrogen and oxygen atoms in total. The Balaban J connectivity index is 2.47. The molecule has 0 heterocycles. The van der Waals surface area contributed by atoms with Gasteiger partial charge in [0.25, 0.3) is 0 Å². The first kappa shape index (κ1) is 16.1. The van der Waals surface area contributed by atoms with Crippen molar-refractivity contribution in [1.29, 1.82) is 0 Å². The maximum atomic E-state index is 11.3. The van der Waals surface area contributed by atoms with Gasteiger partial charge in [0.05, 0.1) is 10.6 Å². The summed E-state index contributed by atoms with van der Waals surface area (Å²) in [7, 11) is -6.11. The van der Waals surface area contributed by atoms with Gasteiger partial charge in [-0.2, -0.15) is 0 Å². The molecule has 108 valence electrons. The molecule has 1 aromatic carbocycles. The van der Waals surface area contributed by atoms with Crippen LogP contribution in [0, 0.1) is 0 Å². The summed E-state index contributed by atoms with van der Waals surface area (Å²) >= 11 is 0. The van der Waals surface area contributed by atoms with Crippen molar-refractivity contribution in [3.63, 3.8) is 0 Å². The number of nitrogens with one attached hydrogen (secondary N) is 1. The Labute approximate surface area is 114 Å². The fraction of sp³-hybridized carbons (Fsp3) is 0.500. The predicted molar refractivity (Wildman–Crippen MR) is 75.6 cm³/mol. The highest BCUT2D eigenvalue weighted by molar-refractivity contribution is 7.91.